The Labute approximate surface area is 204 Å². The number of benzene rings is 3. The average Bonchev–Trinajstić information content (AvgIpc) is 2.86. The highest BCUT2D eigenvalue weighted by atomic mass is 79.9. The van der Waals surface area contributed by atoms with E-state index < -0.39 is 0 Å². The average molecular weight is 509 g/mol. The number of rotatable bonds is 5. The lowest BCUT2D eigenvalue weighted by Gasteiger charge is -2.28. The first-order valence-corrected chi connectivity index (χ1v) is 11.5. The second-order valence-electron chi connectivity index (χ2n) is 7.80. The molecule has 0 aliphatic heterocycles. The molecule has 0 aromatic heterocycles. The van der Waals surface area contributed by atoms with Crippen LogP contribution in [0.25, 0.3) is 0 Å². The Hall–Kier alpha value is -3.32. The Morgan fingerprint density at radius 2 is 1.15 bits per heavy atom. The van der Waals surface area contributed by atoms with Crippen molar-refractivity contribution in [3.05, 3.63) is 82.8 Å². The summed E-state index contributed by atoms with van der Waals surface area (Å²) in [6.07, 6.45) is 0.905. The molecule has 0 bridgehead atoms. The van der Waals surface area contributed by atoms with Gasteiger partial charge in [-0.15, -0.1) is 0 Å². The van der Waals surface area contributed by atoms with Gasteiger partial charge in [-0.2, -0.15) is 0 Å². The molecule has 0 aliphatic carbocycles. The quantitative estimate of drug-likeness (QED) is 0.400. The van der Waals surface area contributed by atoms with Crippen LogP contribution < -0.4 is 19.6 Å². The van der Waals surface area contributed by atoms with Crippen molar-refractivity contribution >= 4 is 50.7 Å². The van der Waals surface area contributed by atoms with Gasteiger partial charge < -0.3 is 0 Å². The molecule has 0 atom stereocenters. The third kappa shape index (κ3) is 5.37. The molecule has 6 nitrogen and oxygen atoms in total. The number of hydrogen-bond acceptors (Lipinski definition) is 2. The molecule has 0 saturated heterocycles. The Balaban J connectivity index is 1.79. The van der Waals surface area contributed by atoms with Crippen LogP contribution in [-0.4, -0.2) is 40.3 Å². The van der Waals surface area contributed by atoms with Crippen LogP contribution in [0.4, 0.5) is 32.3 Å². The van der Waals surface area contributed by atoms with Crippen LogP contribution in [0, 0.1) is 0 Å². The van der Waals surface area contributed by atoms with Crippen LogP contribution in [0.1, 0.15) is 12.5 Å². The van der Waals surface area contributed by atoms with E-state index in [1.807, 2.05) is 72.8 Å². The van der Waals surface area contributed by atoms with E-state index in [1.54, 1.807) is 47.8 Å². The van der Waals surface area contributed by atoms with Gasteiger partial charge >= 0.3 is 12.1 Å². The fourth-order valence-corrected chi connectivity index (χ4v) is 4.05. The van der Waals surface area contributed by atoms with Gasteiger partial charge in [-0.1, -0.05) is 37.3 Å². The summed E-state index contributed by atoms with van der Waals surface area (Å²) in [4.78, 5) is 32.6. The minimum atomic E-state index is -0.193. The maximum atomic E-state index is 13.1. The van der Waals surface area contributed by atoms with Gasteiger partial charge in [0.2, 0.25) is 0 Å². The van der Waals surface area contributed by atoms with Crippen molar-refractivity contribution in [2.45, 2.75) is 13.3 Å². The molecule has 0 N–H and O–H groups in total. The molecule has 0 heterocycles. The van der Waals surface area contributed by atoms with Crippen molar-refractivity contribution in [1.82, 2.24) is 0 Å². The van der Waals surface area contributed by atoms with Crippen molar-refractivity contribution in [2.24, 2.45) is 0 Å². The monoisotopic (exact) mass is 508 g/mol. The highest BCUT2D eigenvalue weighted by molar-refractivity contribution is 9.10. The number of nitrogens with zero attached hydrogens (tertiary/aromatic N) is 4. The summed E-state index contributed by atoms with van der Waals surface area (Å²) >= 11 is 3.50. The number of carbonyl (C=O) groups is 2. The van der Waals surface area contributed by atoms with E-state index >= 15 is 0 Å². The number of amides is 4. The third-order valence-corrected chi connectivity index (χ3v) is 6.34. The molecule has 0 radical (unpaired) electrons. The van der Waals surface area contributed by atoms with Crippen molar-refractivity contribution < 1.29 is 9.59 Å². The SMILES string of the molecule is CCc1cccc(N(C)C(=O)N(C)c2cccc(N(C)C(=O)N(C)c3ccccc3Br)c2)c1. The van der Waals surface area contributed by atoms with Gasteiger partial charge in [-0.05, 0) is 70.4 Å². The van der Waals surface area contributed by atoms with E-state index in [-0.39, 0.29) is 12.1 Å². The molecule has 3 rings (SSSR count). The highest BCUT2D eigenvalue weighted by Gasteiger charge is 2.21. The summed E-state index contributed by atoms with van der Waals surface area (Å²) in [7, 11) is 6.95. The van der Waals surface area contributed by atoms with Gasteiger partial charge in [0.25, 0.3) is 0 Å². The lowest BCUT2D eigenvalue weighted by atomic mass is 10.1. The van der Waals surface area contributed by atoms with E-state index in [9.17, 15) is 9.59 Å². The number of halogens is 1. The Morgan fingerprint density at radius 1 is 0.667 bits per heavy atom. The minimum absolute atomic E-state index is 0.167. The van der Waals surface area contributed by atoms with Crippen LogP contribution >= 0.6 is 15.9 Å². The summed E-state index contributed by atoms with van der Waals surface area (Å²) in [6.45, 7) is 2.09. The lowest BCUT2D eigenvalue weighted by Crippen LogP contribution is -2.40. The minimum Gasteiger partial charge on any atom is -0.297 e. The molecule has 3 aromatic rings. The molecule has 7 heteroatoms. The lowest BCUT2D eigenvalue weighted by molar-refractivity contribution is 0.253. The summed E-state index contributed by atoms with van der Waals surface area (Å²) < 4.78 is 0.837. The zero-order valence-corrected chi connectivity index (χ0v) is 21.2. The normalized spacial score (nSPS) is 10.5. The number of aryl methyl sites for hydroxylation is 1. The fourth-order valence-electron chi connectivity index (χ4n) is 3.50. The van der Waals surface area contributed by atoms with Crippen LogP contribution in [0.5, 0.6) is 0 Å². The van der Waals surface area contributed by atoms with Gasteiger partial charge in [0.1, 0.15) is 0 Å². The third-order valence-electron chi connectivity index (χ3n) is 5.67. The van der Waals surface area contributed by atoms with Gasteiger partial charge in [0.05, 0.1) is 5.69 Å². The maximum Gasteiger partial charge on any atom is 0.328 e. The number of urea groups is 2. The molecule has 0 aliphatic rings. The van der Waals surface area contributed by atoms with E-state index in [1.165, 1.54) is 5.56 Å². The first kappa shape index (κ1) is 24.3. The van der Waals surface area contributed by atoms with Gasteiger partial charge in [-0.25, -0.2) is 9.59 Å². The predicted molar refractivity (Wildman–Crippen MR) is 141 cm³/mol. The number of hydrogen-bond donors (Lipinski definition) is 0. The molecule has 0 unspecified atom stereocenters. The molecule has 172 valence electrons. The first-order chi connectivity index (χ1) is 15.7. The summed E-state index contributed by atoms with van der Waals surface area (Å²) in [5, 5.41) is 0. The Morgan fingerprint density at radius 3 is 1.70 bits per heavy atom. The highest BCUT2D eigenvalue weighted by Crippen LogP contribution is 2.28. The number of anilines is 4. The molecule has 0 saturated carbocycles. The molecule has 3 aromatic carbocycles. The van der Waals surface area contributed by atoms with Crippen LogP contribution in [0.3, 0.4) is 0 Å². The standard InChI is InChI=1S/C26H29BrN4O2/c1-6-19-11-9-12-20(17-19)28(2)25(32)29(3)21-13-10-14-22(18-21)30(4)26(33)31(5)24-16-8-7-15-23(24)27/h7-18H,6H2,1-5H3. The summed E-state index contributed by atoms with van der Waals surface area (Å²) in [5.74, 6) is 0. The Bertz CT molecular complexity index is 1150. The van der Waals surface area contributed by atoms with Gasteiger partial charge in [0, 0.05) is 49.7 Å². The van der Waals surface area contributed by atoms with Crippen LogP contribution in [-0.2, 0) is 6.42 Å². The van der Waals surface area contributed by atoms with E-state index in [0.717, 1.165) is 22.3 Å². The van der Waals surface area contributed by atoms with E-state index in [0.29, 0.717) is 11.4 Å². The van der Waals surface area contributed by atoms with Crippen LogP contribution in [0.15, 0.2) is 77.3 Å². The largest absolute Gasteiger partial charge is 0.328 e. The second kappa shape index (κ2) is 10.5. The number of para-hydroxylation sites is 1. The molecular formula is C26H29BrN4O2. The zero-order chi connectivity index (χ0) is 24.1. The van der Waals surface area contributed by atoms with Gasteiger partial charge in [0.15, 0.2) is 0 Å². The van der Waals surface area contributed by atoms with E-state index in [2.05, 4.69) is 22.9 Å². The molecular weight excluding hydrogens is 480 g/mol. The number of carbonyl (C=O) groups excluding carboxylic acids is 2. The van der Waals surface area contributed by atoms with Crippen LogP contribution in [0.2, 0.25) is 0 Å². The first-order valence-electron chi connectivity index (χ1n) is 10.7. The summed E-state index contributed by atoms with van der Waals surface area (Å²) in [5.41, 5.74) is 4.16. The topological polar surface area (TPSA) is 47.1 Å². The summed E-state index contributed by atoms with van der Waals surface area (Å²) in [6, 6.07) is 22.5. The molecule has 33 heavy (non-hydrogen) atoms. The molecule has 0 fully saturated rings. The van der Waals surface area contributed by atoms with Crippen molar-refractivity contribution in [3.8, 4) is 0 Å². The predicted octanol–water partition coefficient (Wildman–Crippen LogP) is 6.40. The van der Waals surface area contributed by atoms with Gasteiger partial charge in [-0.3, -0.25) is 19.6 Å². The fraction of sp³-hybridized carbons (Fsp3) is 0.231. The maximum absolute atomic E-state index is 13.1. The second-order valence-corrected chi connectivity index (χ2v) is 8.65. The molecule has 4 amide bonds. The van der Waals surface area contributed by atoms with Crippen molar-refractivity contribution in [1.29, 1.82) is 0 Å². The molecule has 0 spiro atoms. The Kier molecular flexibility index (Phi) is 7.76. The smallest absolute Gasteiger partial charge is 0.297 e. The van der Waals surface area contributed by atoms with Crippen molar-refractivity contribution in [3.63, 3.8) is 0 Å². The van der Waals surface area contributed by atoms with E-state index in [4.69, 9.17) is 0 Å². The zero-order valence-electron chi connectivity index (χ0n) is 19.6. The van der Waals surface area contributed by atoms with Crippen molar-refractivity contribution in [2.75, 3.05) is 47.8 Å².